The van der Waals surface area contributed by atoms with E-state index in [1.807, 2.05) is 79.0 Å². The van der Waals surface area contributed by atoms with Gasteiger partial charge in [-0.15, -0.1) is 59.5 Å². The molecule has 9 aromatic rings. The Kier molecular flexibility index (Phi) is 13.6. The van der Waals surface area contributed by atoms with Crippen LogP contribution in [0.2, 0.25) is 19.6 Å². The zero-order chi connectivity index (χ0) is 34.8. The number of nitrogens with zero attached hydrogens (tertiary/aromatic N) is 3. The maximum absolute atomic E-state index is 4.97. The molecule has 0 fully saturated rings. The topological polar surface area (TPSA) is 30.7 Å². The molecule has 7 aromatic carbocycles. The van der Waals surface area contributed by atoms with Crippen molar-refractivity contribution in [3.63, 3.8) is 0 Å². The minimum absolute atomic E-state index is 0. The van der Waals surface area contributed by atoms with Gasteiger partial charge in [0, 0.05) is 73.1 Å². The van der Waals surface area contributed by atoms with E-state index in [0.29, 0.717) is 0 Å². The van der Waals surface area contributed by atoms with Crippen LogP contribution in [0.15, 0.2) is 158 Å². The van der Waals surface area contributed by atoms with E-state index in [1.165, 1.54) is 26.7 Å². The van der Waals surface area contributed by atoms with Gasteiger partial charge in [0.25, 0.3) is 0 Å². The van der Waals surface area contributed by atoms with Crippen LogP contribution in [0.25, 0.3) is 72.0 Å². The smallest absolute Gasteiger partial charge is 0.0795 e. The predicted molar refractivity (Wildman–Crippen MR) is 221 cm³/mol. The molecule has 0 aliphatic carbocycles. The van der Waals surface area contributed by atoms with Crippen molar-refractivity contribution in [1.29, 1.82) is 0 Å². The van der Waals surface area contributed by atoms with E-state index in [-0.39, 0.29) is 61.2 Å². The number of pyridine rings is 1. The molecule has 5 radical (unpaired) electrons. The summed E-state index contributed by atoms with van der Waals surface area (Å²) in [4.78, 5) is 9.49. The number of rotatable bonds is 5. The Labute approximate surface area is 359 Å². The van der Waals surface area contributed by atoms with Crippen LogP contribution in [-0.4, -0.2) is 31.0 Å². The molecular formula is C47H35BIrN3SiY-4. The molecule has 0 amide bonds. The van der Waals surface area contributed by atoms with Gasteiger partial charge in [0.2, 0.25) is 0 Å². The minimum atomic E-state index is -1.23. The number of imidazole rings is 1. The third-order valence-electron chi connectivity index (χ3n) is 9.12. The second kappa shape index (κ2) is 17.9. The monoisotopic (exact) mass is 962 g/mol. The van der Waals surface area contributed by atoms with E-state index in [9.17, 15) is 0 Å². The molecule has 0 atom stereocenters. The van der Waals surface area contributed by atoms with Gasteiger partial charge in [0.05, 0.1) is 19.1 Å². The summed E-state index contributed by atoms with van der Waals surface area (Å²) in [5.74, 6) is 0.825. The fourth-order valence-corrected chi connectivity index (χ4v) is 7.42. The summed E-state index contributed by atoms with van der Waals surface area (Å²) in [7, 11) is -1.23. The number of fused-ring (bicyclic) bond motifs is 4. The molecule has 261 valence electrons. The first-order valence-corrected chi connectivity index (χ1v) is 20.7. The van der Waals surface area contributed by atoms with Gasteiger partial charge in [-0.3, -0.25) is 23.3 Å². The van der Waals surface area contributed by atoms with Crippen molar-refractivity contribution in [1.82, 2.24) is 14.5 Å². The van der Waals surface area contributed by atoms with E-state index < -0.39 is 8.07 Å². The maximum Gasteiger partial charge on any atom is 0.0795 e. The van der Waals surface area contributed by atoms with Gasteiger partial charge in [0.15, 0.2) is 0 Å². The standard InChI is InChI=1S/C33H19N2.C14H16NSi.B.Ir.Y/c1-2-12-28(13-3-1)35-32-16-7-6-15-31(32)34-33(35)27-11-8-10-24(22-27)25-19-20-30-26(21-25)18-17-23-9-4-5-14-29(23)30;1-16(2,3)13-9-10-14(15-11-13)12-7-5-4-6-8-12;;;/h1-10,12-18,20-21H;4-7,9-11H,1-3H3;;;/q-3;-1;;;. The first-order valence-electron chi connectivity index (χ1n) is 17.2. The normalized spacial score (nSPS) is 10.8. The molecule has 2 aromatic heterocycles. The molecule has 3 nitrogen and oxygen atoms in total. The molecule has 0 unspecified atom stereocenters. The molecule has 9 rings (SSSR count). The predicted octanol–water partition coefficient (Wildman–Crippen LogP) is 10.8. The zero-order valence-electron chi connectivity index (χ0n) is 30.3. The summed E-state index contributed by atoms with van der Waals surface area (Å²) in [6.45, 7) is 7.00. The van der Waals surface area contributed by atoms with Gasteiger partial charge in [-0.05, 0) is 46.4 Å². The molecule has 0 spiro atoms. The van der Waals surface area contributed by atoms with E-state index in [4.69, 9.17) is 4.98 Å². The summed E-state index contributed by atoms with van der Waals surface area (Å²) in [5, 5.41) is 6.28. The summed E-state index contributed by atoms with van der Waals surface area (Å²) in [5.41, 5.74) is 7.94. The van der Waals surface area contributed by atoms with Gasteiger partial charge in [0.1, 0.15) is 0 Å². The first-order chi connectivity index (χ1) is 24.9. The van der Waals surface area contributed by atoms with Gasteiger partial charge in [-0.1, -0.05) is 109 Å². The number of aromatic nitrogens is 3. The molecule has 0 bridgehead atoms. The molecular weight excluding hydrogens is 927 g/mol. The second-order valence-electron chi connectivity index (χ2n) is 13.6. The summed E-state index contributed by atoms with van der Waals surface area (Å²) in [6.07, 6.45) is 2.02. The van der Waals surface area contributed by atoms with E-state index >= 15 is 0 Å². The van der Waals surface area contributed by atoms with Crippen molar-refractivity contribution in [2.24, 2.45) is 0 Å². The fraction of sp³-hybridized carbons (Fsp3) is 0.0638. The largest absolute Gasteiger partial charge is 0.374 e. The van der Waals surface area contributed by atoms with Crippen molar-refractivity contribution in [2.45, 2.75) is 19.6 Å². The molecule has 54 heavy (non-hydrogen) atoms. The van der Waals surface area contributed by atoms with Crippen LogP contribution in [0, 0.1) is 24.3 Å². The minimum Gasteiger partial charge on any atom is -0.374 e. The number of para-hydroxylation sites is 3. The third-order valence-corrected chi connectivity index (χ3v) is 11.1. The summed E-state index contributed by atoms with van der Waals surface area (Å²) < 4.78 is 2.18. The van der Waals surface area contributed by atoms with Crippen molar-refractivity contribution < 1.29 is 52.8 Å². The van der Waals surface area contributed by atoms with Crippen molar-refractivity contribution >= 4 is 54.3 Å². The van der Waals surface area contributed by atoms with Gasteiger partial charge in [-0.2, -0.15) is 5.56 Å². The molecule has 0 aliphatic heterocycles. The Bertz CT molecular complexity index is 2620. The fourth-order valence-electron chi connectivity index (χ4n) is 6.38. The molecule has 0 saturated heterocycles. The second-order valence-corrected chi connectivity index (χ2v) is 18.7. The number of hydrogen-bond donors (Lipinski definition) is 0. The molecule has 7 heteroatoms. The Morgan fingerprint density at radius 3 is 2.11 bits per heavy atom. The molecule has 0 N–H and O–H groups in total. The maximum atomic E-state index is 4.97. The number of hydrogen-bond acceptors (Lipinski definition) is 2. The van der Waals surface area contributed by atoms with Crippen LogP contribution in [0.1, 0.15) is 0 Å². The molecule has 2 heterocycles. The van der Waals surface area contributed by atoms with E-state index in [2.05, 4.69) is 132 Å². The van der Waals surface area contributed by atoms with Gasteiger partial charge in [-0.25, -0.2) is 6.07 Å². The average molecular weight is 962 g/mol. The van der Waals surface area contributed by atoms with Crippen molar-refractivity contribution in [3.05, 3.63) is 182 Å². The zero-order valence-corrected chi connectivity index (χ0v) is 36.6. The average Bonchev–Trinajstić information content (AvgIpc) is 3.58. The van der Waals surface area contributed by atoms with E-state index in [1.54, 1.807) is 0 Å². The van der Waals surface area contributed by atoms with Crippen LogP contribution in [-0.2, 0) is 52.8 Å². The van der Waals surface area contributed by atoms with Gasteiger partial charge < -0.3 is 20.6 Å². The van der Waals surface area contributed by atoms with Gasteiger partial charge >= 0.3 is 0 Å². The summed E-state index contributed by atoms with van der Waals surface area (Å²) in [6, 6.07) is 65.5. The first kappa shape index (κ1) is 40.9. The summed E-state index contributed by atoms with van der Waals surface area (Å²) >= 11 is 0. The molecule has 0 aliphatic rings. The Morgan fingerprint density at radius 2 is 1.35 bits per heavy atom. The van der Waals surface area contributed by atoms with Crippen LogP contribution >= 0.6 is 0 Å². The Hall–Kier alpha value is -4.28. The quantitative estimate of drug-likeness (QED) is 0.0978. The van der Waals surface area contributed by atoms with Crippen LogP contribution in [0.4, 0.5) is 0 Å². The number of benzene rings is 7. The molecule has 0 saturated carbocycles. The third kappa shape index (κ3) is 8.65. The van der Waals surface area contributed by atoms with Crippen LogP contribution < -0.4 is 5.19 Å². The SMILES string of the molecule is C[Si](C)(C)c1ccc(-c2[c-]cccc2)nc1.[B].[Ir].[Y].[c-]1ccc(-c2[c-]cc3c(ccc4ccccc43)c2)[c-]c1-c1nc2ccccc2n1-c1ccccc1. The van der Waals surface area contributed by atoms with Crippen LogP contribution in [0.5, 0.6) is 0 Å². The van der Waals surface area contributed by atoms with Crippen molar-refractivity contribution in [3.8, 4) is 39.5 Å². The van der Waals surface area contributed by atoms with E-state index in [0.717, 1.165) is 50.5 Å². The van der Waals surface area contributed by atoms with Crippen LogP contribution in [0.3, 0.4) is 0 Å². The Morgan fingerprint density at radius 1 is 0.611 bits per heavy atom. The Balaban J connectivity index is 0.000000252. The van der Waals surface area contributed by atoms with Crippen molar-refractivity contribution in [2.75, 3.05) is 0 Å².